The molecule has 3 heterocycles. The first-order valence-corrected chi connectivity index (χ1v) is 8.88. The third-order valence-corrected chi connectivity index (χ3v) is 5.01. The molecule has 0 saturated carbocycles. The lowest BCUT2D eigenvalue weighted by Crippen LogP contribution is -2.37. The Hall–Kier alpha value is -3.50. The van der Waals surface area contributed by atoms with Crippen molar-refractivity contribution in [3.05, 3.63) is 48.3 Å². The van der Waals surface area contributed by atoms with Gasteiger partial charge in [-0.2, -0.15) is 0 Å². The molecule has 0 radical (unpaired) electrons. The maximum absolute atomic E-state index is 12.2. The normalized spacial score (nSPS) is 21.6. The molecule has 3 N–H and O–H groups in total. The summed E-state index contributed by atoms with van der Waals surface area (Å²) in [6.07, 6.45) is 1.70. The van der Waals surface area contributed by atoms with E-state index >= 15 is 0 Å². The molecular formula is C21H19N5O2. The molecule has 1 aliphatic rings. The Morgan fingerprint density at radius 3 is 2.86 bits per heavy atom. The summed E-state index contributed by atoms with van der Waals surface area (Å²) in [5.74, 6) is 5.65. The number of hydrogen-bond donors (Lipinski definition) is 2. The number of nitrogen functional groups attached to an aromatic ring is 1. The van der Waals surface area contributed by atoms with Crippen molar-refractivity contribution in [3.63, 3.8) is 0 Å². The maximum atomic E-state index is 12.2. The van der Waals surface area contributed by atoms with Gasteiger partial charge in [-0.15, -0.1) is 0 Å². The van der Waals surface area contributed by atoms with Gasteiger partial charge in [-0.1, -0.05) is 24.0 Å². The number of benzene rings is 1. The molecular weight excluding hydrogens is 354 g/mol. The van der Waals surface area contributed by atoms with Gasteiger partial charge in [-0.3, -0.25) is 4.79 Å². The van der Waals surface area contributed by atoms with Crippen molar-refractivity contribution in [1.29, 1.82) is 0 Å². The smallest absolute Gasteiger partial charge is 0.267 e. The number of nitrogens with two attached hydrogens (primary N) is 1. The fourth-order valence-electron chi connectivity index (χ4n) is 3.30. The molecule has 1 saturated heterocycles. The Bertz CT molecular complexity index is 1150. The van der Waals surface area contributed by atoms with Crippen molar-refractivity contribution in [3.8, 4) is 23.1 Å². The standard InChI is InChI=1S/C21H19N5O2/c1-13-11-21(28,20(27)26(13)2)9-8-14-4-3-5-15(10-14)16-6-7-17-18(25-16)19(22)24-12-23-17/h3-7,10,12-13,28H,11H2,1-2H3,(H2,22,23,24)/t13-,21-/m1/s1. The van der Waals surface area contributed by atoms with E-state index in [1.54, 1.807) is 7.05 Å². The average molecular weight is 373 g/mol. The summed E-state index contributed by atoms with van der Waals surface area (Å²) in [5, 5.41) is 10.6. The van der Waals surface area contributed by atoms with Crippen molar-refractivity contribution in [1.82, 2.24) is 19.9 Å². The van der Waals surface area contributed by atoms with E-state index < -0.39 is 5.60 Å². The molecule has 1 aliphatic heterocycles. The van der Waals surface area contributed by atoms with E-state index in [-0.39, 0.29) is 11.9 Å². The molecule has 0 unspecified atom stereocenters. The van der Waals surface area contributed by atoms with Crippen LogP contribution >= 0.6 is 0 Å². The molecule has 7 heteroatoms. The Labute approximate surface area is 162 Å². The summed E-state index contributed by atoms with van der Waals surface area (Å²) in [5.41, 5.74) is 7.70. The third-order valence-electron chi connectivity index (χ3n) is 5.01. The number of likely N-dealkylation sites (N-methyl/N-ethyl adjacent to an activating group) is 1. The van der Waals surface area contributed by atoms with Gasteiger partial charge in [-0.25, -0.2) is 15.0 Å². The van der Waals surface area contributed by atoms with E-state index in [9.17, 15) is 9.90 Å². The zero-order valence-electron chi connectivity index (χ0n) is 15.5. The van der Waals surface area contributed by atoms with Gasteiger partial charge in [-0.05, 0) is 31.2 Å². The minimum Gasteiger partial charge on any atom is -0.382 e. The molecule has 140 valence electrons. The van der Waals surface area contributed by atoms with Crippen LogP contribution in [0.1, 0.15) is 18.9 Å². The molecule has 2 atom stereocenters. The van der Waals surface area contributed by atoms with Crippen LogP contribution in [0.2, 0.25) is 0 Å². The van der Waals surface area contributed by atoms with Crippen LogP contribution in [0.3, 0.4) is 0 Å². The topological polar surface area (TPSA) is 105 Å². The molecule has 1 amide bonds. The highest BCUT2D eigenvalue weighted by molar-refractivity contribution is 5.91. The lowest BCUT2D eigenvalue weighted by atomic mass is 10.00. The van der Waals surface area contributed by atoms with Crippen molar-refractivity contribution in [2.75, 3.05) is 12.8 Å². The number of pyridine rings is 1. The quantitative estimate of drug-likeness (QED) is 0.628. The SMILES string of the molecule is C[C@@H]1C[C@](O)(C#Cc2cccc(-c3ccc4ncnc(N)c4n3)c2)C(=O)N1C. The van der Waals surface area contributed by atoms with Crippen molar-refractivity contribution in [2.24, 2.45) is 0 Å². The van der Waals surface area contributed by atoms with E-state index in [1.165, 1.54) is 11.2 Å². The number of hydrogen-bond acceptors (Lipinski definition) is 6. The van der Waals surface area contributed by atoms with Crippen LogP contribution in [-0.2, 0) is 4.79 Å². The molecule has 2 aromatic heterocycles. The summed E-state index contributed by atoms with van der Waals surface area (Å²) < 4.78 is 0. The fourth-order valence-corrected chi connectivity index (χ4v) is 3.30. The molecule has 3 aromatic rings. The van der Waals surface area contributed by atoms with Crippen LogP contribution in [0.15, 0.2) is 42.7 Å². The summed E-state index contributed by atoms with van der Waals surface area (Å²) in [6, 6.07) is 11.1. The largest absolute Gasteiger partial charge is 0.382 e. The zero-order chi connectivity index (χ0) is 19.9. The first kappa shape index (κ1) is 17.9. The molecule has 28 heavy (non-hydrogen) atoms. The second-order valence-corrected chi connectivity index (χ2v) is 6.98. The lowest BCUT2D eigenvalue weighted by molar-refractivity contribution is -0.138. The predicted octanol–water partition coefficient (Wildman–Crippen LogP) is 1.61. The first-order valence-electron chi connectivity index (χ1n) is 8.88. The van der Waals surface area contributed by atoms with E-state index in [2.05, 4.69) is 26.8 Å². The van der Waals surface area contributed by atoms with Crippen LogP contribution in [-0.4, -0.2) is 49.6 Å². The van der Waals surface area contributed by atoms with E-state index in [1.807, 2.05) is 43.3 Å². The van der Waals surface area contributed by atoms with Gasteiger partial charge in [0.1, 0.15) is 11.8 Å². The average Bonchev–Trinajstić information content (AvgIpc) is 2.90. The van der Waals surface area contributed by atoms with E-state index in [0.717, 1.165) is 5.56 Å². The van der Waals surface area contributed by atoms with E-state index in [4.69, 9.17) is 5.73 Å². The van der Waals surface area contributed by atoms with Crippen molar-refractivity contribution >= 4 is 22.8 Å². The highest BCUT2D eigenvalue weighted by atomic mass is 16.3. The highest BCUT2D eigenvalue weighted by Gasteiger charge is 2.46. The van der Waals surface area contributed by atoms with Gasteiger partial charge in [0.2, 0.25) is 5.60 Å². The van der Waals surface area contributed by atoms with Gasteiger partial charge in [0.25, 0.3) is 5.91 Å². The van der Waals surface area contributed by atoms with E-state index in [0.29, 0.717) is 34.5 Å². The molecule has 0 bridgehead atoms. The summed E-state index contributed by atoms with van der Waals surface area (Å²) in [7, 11) is 1.67. The summed E-state index contributed by atoms with van der Waals surface area (Å²) in [6.45, 7) is 1.89. The monoisotopic (exact) mass is 373 g/mol. The molecule has 1 aromatic carbocycles. The fraction of sp³-hybridized carbons (Fsp3) is 0.238. The molecule has 7 nitrogen and oxygen atoms in total. The number of carbonyl (C=O) groups excluding carboxylic acids is 1. The Morgan fingerprint density at radius 2 is 2.11 bits per heavy atom. The molecule has 0 spiro atoms. The number of rotatable bonds is 1. The van der Waals surface area contributed by atoms with Crippen molar-refractivity contribution < 1.29 is 9.90 Å². The third kappa shape index (κ3) is 3.04. The number of likely N-dealkylation sites (tertiary alicyclic amines) is 1. The predicted molar refractivity (Wildman–Crippen MR) is 106 cm³/mol. The number of aromatic nitrogens is 3. The minimum absolute atomic E-state index is 0.0485. The Balaban J connectivity index is 1.68. The number of anilines is 1. The van der Waals surface area contributed by atoms with Gasteiger partial charge < -0.3 is 15.7 Å². The van der Waals surface area contributed by atoms with Gasteiger partial charge >= 0.3 is 0 Å². The summed E-state index contributed by atoms with van der Waals surface area (Å²) in [4.78, 5) is 26.5. The number of amides is 1. The molecule has 1 fully saturated rings. The second kappa shape index (κ2) is 6.59. The molecule has 0 aliphatic carbocycles. The zero-order valence-corrected chi connectivity index (χ0v) is 15.5. The Kier molecular flexibility index (Phi) is 4.21. The van der Waals surface area contributed by atoms with Gasteiger partial charge in [0, 0.05) is 30.6 Å². The number of aliphatic hydroxyl groups is 1. The second-order valence-electron chi connectivity index (χ2n) is 6.98. The summed E-state index contributed by atoms with van der Waals surface area (Å²) >= 11 is 0. The highest BCUT2D eigenvalue weighted by Crippen LogP contribution is 2.27. The van der Waals surface area contributed by atoms with Crippen molar-refractivity contribution in [2.45, 2.75) is 25.0 Å². The number of nitrogens with zero attached hydrogens (tertiary/aromatic N) is 4. The first-order chi connectivity index (χ1) is 13.4. The molecule has 4 rings (SSSR count). The maximum Gasteiger partial charge on any atom is 0.267 e. The van der Waals surface area contributed by atoms with Gasteiger partial charge in [0.15, 0.2) is 5.82 Å². The minimum atomic E-state index is -1.64. The van der Waals surface area contributed by atoms with Gasteiger partial charge in [0.05, 0.1) is 11.2 Å². The van der Waals surface area contributed by atoms with Crippen LogP contribution in [0, 0.1) is 11.8 Å². The lowest BCUT2D eigenvalue weighted by Gasteiger charge is -2.14. The van der Waals surface area contributed by atoms with Crippen LogP contribution in [0.5, 0.6) is 0 Å². The van der Waals surface area contributed by atoms with Crippen LogP contribution < -0.4 is 5.73 Å². The van der Waals surface area contributed by atoms with Crippen LogP contribution in [0.25, 0.3) is 22.3 Å². The Morgan fingerprint density at radius 1 is 1.29 bits per heavy atom. The van der Waals surface area contributed by atoms with Crippen LogP contribution in [0.4, 0.5) is 5.82 Å². The number of fused-ring (bicyclic) bond motifs is 1. The number of carbonyl (C=O) groups is 1.